The molecule has 0 atom stereocenters. The molecule has 4 aromatic rings. The molecule has 0 saturated heterocycles. The van der Waals surface area contributed by atoms with Crippen LogP contribution in [-0.4, -0.2) is 23.0 Å². The predicted octanol–water partition coefficient (Wildman–Crippen LogP) is 5.46. The zero-order valence-corrected chi connectivity index (χ0v) is 19.7. The van der Waals surface area contributed by atoms with Crippen LogP contribution >= 0.6 is 22.9 Å². The Hall–Kier alpha value is -3.16. The van der Waals surface area contributed by atoms with Crippen LogP contribution in [0.5, 0.6) is 11.5 Å². The van der Waals surface area contributed by atoms with Gasteiger partial charge in [0.05, 0.1) is 18.7 Å². The van der Waals surface area contributed by atoms with Crippen LogP contribution in [0.3, 0.4) is 0 Å². The van der Waals surface area contributed by atoms with Crippen LogP contribution in [-0.2, 0) is 19.4 Å². The Balaban J connectivity index is 1.47. The fourth-order valence-corrected chi connectivity index (χ4v) is 5.38. The number of fused-ring (bicyclic) bond motifs is 3. The van der Waals surface area contributed by atoms with Crippen molar-refractivity contribution < 1.29 is 9.47 Å². The highest BCUT2D eigenvalue weighted by Crippen LogP contribution is 2.33. The number of benzene rings is 2. The van der Waals surface area contributed by atoms with Crippen molar-refractivity contribution in [3.8, 4) is 11.5 Å². The van der Waals surface area contributed by atoms with Gasteiger partial charge in [-0.2, -0.15) is 9.78 Å². The number of para-hydroxylation sites is 1. The van der Waals surface area contributed by atoms with E-state index in [1.807, 2.05) is 42.5 Å². The number of nitrogens with zero attached hydrogens (tertiary/aromatic N) is 3. The van der Waals surface area contributed by atoms with Crippen molar-refractivity contribution in [3.05, 3.63) is 85.7 Å². The molecule has 6 nitrogen and oxygen atoms in total. The Kier molecular flexibility index (Phi) is 6.15. The van der Waals surface area contributed by atoms with Gasteiger partial charge in [0, 0.05) is 15.5 Å². The number of methoxy groups -OCH3 is 1. The second-order valence-corrected chi connectivity index (χ2v) is 9.34. The monoisotopic (exact) mass is 479 g/mol. The summed E-state index contributed by atoms with van der Waals surface area (Å²) in [7, 11) is 1.59. The molecule has 33 heavy (non-hydrogen) atoms. The molecule has 2 aromatic carbocycles. The van der Waals surface area contributed by atoms with Gasteiger partial charge in [0.1, 0.15) is 17.8 Å². The molecule has 0 amide bonds. The molecule has 1 aliphatic rings. The maximum Gasteiger partial charge on any atom is 0.282 e. The van der Waals surface area contributed by atoms with Crippen molar-refractivity contribution in [1.82, 2.24) is 9.66 Å². The molecule has 0 spiro atoms. The lowest BCUT2D eigenvalue weighted by Crippen LogP contribution is -2.18. The van der Waals surface area contributed by atoms with Crippen molar-refractivity contribution in [2.45, 2.75) is 32.3 Å². The Morgan fingerprint density at radius 1 is 1.18 bits per heavy atom. The van der Waals surface area contributed by atoms with Crippen LogP contribution in [0, 0.1) is 0 Å². The first-order valence-electron chi connectivity index (χ1n) is 10.7. The third-order valence-corrected chi connectivity index (χ3v) is 7.16. The van der Waals surface area contributed by atoms with E-state index < -0.39 is 0 Å². The number of aromatic nitrogens is 2. The minimum absolute atomic E-state index is 0.137. The van der Waals surface area contributed by atoms with Gasteiger partial charge < -0.3 is 9.47 Å². The van der Waals surface area contributed by atoms with Crippen molar-refractivity contribution >= 4 is 39.4 Å². The van der Waals surface area contributed by atoms with Gasteiger partial charge >= 0.3 is 0 Å². The van der Waals surface area contributed by atoms with E-state index in [2.05, 4.69) is 10.1 Å². The van der Waals surface area contributed by atoms with E-state index in [1.54, 1.807) is 24.7 Å². The molecule has 0 bridgehead atoms. The van der Waals surface area contributed by atoms with Crippen molar-refractivity contribution in [3.63, 3.8) is 0 Å². The third kappa shape index (κ3) is 4.38. The quantitative estimate of drug-likeness (QED) is 0.344. The van der Waals surface area contributed by atoms with E-state index in [4.69, 9.17) is 21.1 Å². The average Bonchev–Trinajstić information content (AvgIpc) is 3.23. The van der Waals surface area contributed by atoms with Crippen LogP contribution in [0.25, 0.3) is 10.2 Å². The maximum atomic E-state index is 13.2. The highest BCUT2D eigenvalue weighted by atomic mass is 35.5. The van der Waals surface area contributed by atoms with Gasteiger partial charge in [-0.15, -0.1) is 11.3 Å². The first-order valence-corrected chi connectivity index (χ1v) is 11.9. The summed E-state index contributed by atoms with van der Waals surface area (Å²) in [6.07, 6.45) is 7.32. The highest BCUT2D eigenvalue weighted by molar-refractivity contribution is 7.18. The lowest BCUT2D eigenvalue weighted by molar-refractivity contribution is 0.284. The van der Waals surface area contributed by atoms with Gasteiger partial charge in [-0.25, -0.2) is 4.98 Å². The normalized spacial score (nSPS) is 13.4. The molecular formula is C25H22ClN3O3S. The average molecular weight is 480 g/mol. The number of aryl methyl sites for hydroxylation is 2. The van der Waals surface area contributed by atoms with E-state index in [1.165, 1.54) is 22.3 Å². The summed E-state index contributed by atoms with van der Waals surface area (Å²) in [5.41, 5.74) is 2.68. The molecule has 2 aromatic heterocycles. The summed E-state index contributed by atoms with van der Waals surface area (Å²) >= 11 is 7.60. The molecule has 0 fully saturated rings. The number of halogens is 1. The number of thiophene rings is 1. The SMILES string of the molecule is COc1cccc(C=Nn2cnc3sc4c(c3c2=O)CCCC4)c1OCc1ccc(Cl)cc1. The van der Waals surface area contributed by atoms with Gasteiger partial charge in [-0.1, -0.05) is 29.8 Å². The molecule has 0 radical (unpaired) electrons. The lowest BCUT2D eigenvalue weighted by atomic mass is 9.97. The predicted molar refractivity (Wildman–Crippen MR) is 132 cm³/mol. The van der Waals surface area contributed by atoms with Gasteiger partial charge in [-0.05, 0) is 61.1 Å². The Morgan fingerprint density at radius 3 is 2.82 bits per heavy atom. The van der Waals surface area contributed by atoms with Crippen LogP contribution in [0.1, 0.15) is 34.4 Å². The molecule has 2 heterocycles. The first-order chi connectivity index (χ1) is 16.1. The minimum Gasteiger partial charge on any atom is -0.493 e. The fourth-order valence-electron chi connectivity index (χ4n) is 4.03. The van der Waals surface area contributed by atoms with E-state index >= 15 is 0 Å². The Bertz CT molecular complexity index is 1390. The maximum absolute atomic E-state index is 13.2. The number of rotatable bonds is 6. The molecular weight excluding hydrogens is 458 g/mol. The second-order valence-electron chi connectivity index (χ2n) is 7.82. The molecule has 0 saturated carbocycles. The molecule has 0 unspecified atom stereocenters. The molecule has 168 valence electrons. The largest absolute Gasteiger partial charge is 0.493 e. The summed E-state index contributed by atoms with van der Waals surface area (Å²) in [6.45, 7) is 0.340. The van der Waals surface area contributed by atoms with E-state index in [0.717, 1.165) is 35.2 Å². The lowest BCUT2D eigenvalue weighted by Gasteiger charge is -2.13. The Labute approximate surface area is 200 Å². The Morgan fingerprint density at radius 2 is 2.00 bits per heavy atom. The van der Waals surface area contributed by atoms with E-state index in [0.29, 0.717) is 34.1 Å². The minimum atomic E-state index is -0.137. The summed E-state index contributed by atoms with van der Waals surface area (Å²) in [4.78, 5) is 19.8. The van der Waals surface area contributed by atoms with Crippen LogP contribution in [0.4, 0.5) is 0 Å². The molecule has 0 N–H and O–H groups in total. The number of hydrogen-bond donors (Lipinski definition) is 0. The van der Waals surface area contributed by atoms with Gasteiger partial charge in [0.25, 0.3) is 5.56 Å². The van der Waals surface area contributed by atoms with Crippen LogP contribution < -0.4 is 15.0 Å². The smallest absolute Gasteiger partial charge is 0.282 e. The first kappa shape index (κ1) is 21.7. The number of ether oxygens (including phenoxy) is 2. The van der Waals surface area contributed by atoms with Gasteiger partial charge in [-0.3, -0.25) is 4.79 Å². The zero-order valence-electron chi connectivity index (χ0n) is 18.1. The summed E-state index contributed by atoms with van der Waals surface area (Å²) < 4.78 is 12.9. The third-order valence-electron chi connectivity index (χ3n) is 5.71. The van der Waals surface area contributed by atoms with Gasteiger partial charge in [0.15, 0.2) is 11.5 Å². The van der Waals surface area contributed by atoms with Crippen LogP contribution in [0.2, 0.25) is 5.02 Å². The zero-order chi connectivity index (χ0) is 22.8. The van der Waals surface area contributed by atoms with E-state index in [-0.39, 0.29) is 5.56 Å². The summed E-state index contributed by atoms with van der Waals surface area (Å²) in [5.74, 6) is 1.13. The molecule has 0 aliphatic heterocycles. The van der Waals surface area contributed by atoms with Crippen molar-refractivity contribution in [1.29, 1.82) is 0 Å². The number of hydrogen-bond acceptors (Lipinski definition) is 6. The highest BCUT2D eigenvalue weighted by Gasteiger charge is 2.20. The molecule has 8 heteroatoms. The van der Waals surface area contributed by atoms with E-state index in [9.17, 15) is 4.79 Å². The standard InChI is InChI=1S/C25H22ClN3O3S/c1-31-20-7-4-5-17(23(20)32-14-16-9-11-18(26)12-10-16)13-28-29-15-27-24-22(25(29)30)19-6-2-3-8-21(19)33-24/h4-5,7,9-13,15H,2-3,6,8,14H2,1H3. The topological polar surface area (TPSA) is 65.7 Å². The fraction of sp³-hybridized carbons (Fsp3) is 0.240. The van der Waals surface area contributed by atoms with Crippen molar-refractivity contribution in [2.24, 2.45) is 5.10 Å². The second kappa shape index (κ2) is 9.37. The summed E-state index contributed by atoms with van der Waals surface area (Å²) in [5, 5.41) is 5.81. The van der Waals surface area contributed by atoms with Gasteiger partial charge in [0.2, 0.25) is 0 Å². The summed E-state index contributed by atoms with van der Waals surface area (Å²) in [6, 6.07) is 13.0. The molecule has 1 aliphatic carbocycles. The van der Waals surface area contributed by atoms with Crippen LogP contribution in [0.15, 0.2) is 58.7 Å². The van der Waals surface area contributed by atoms with Crippen molar-refractivity contribution in [2.75, 3.05) is 7.11 Å². The molecule has 5 rings (SSSR count).